The lowest BCUT2D eigenvalue weighted by Crippen LogP contribution is -2.45. The second kappa shape index (κ2) is 17.8. The Morgan fingerprint density at radius 1 is 0.918 bits per heavy atom. The van der Waals surface area contributed by atoms with E-state index in [-0.39, 0.29) is 30.5 Å². The molecular weight excluding hydrogens is 862 g/mol. The van der Waals surface area contributed by atoms with Crippen LogP contribution in [0.3, 0.4) is 0 Å². The first kappa shape index (κ1) is 37.4. The summed E-state index contributed by atoms with van der Waals surface area (Å²) in [4.78, 5) is 49.2. The summed E-state index contributed by atoms with van der Waals surface area (Å²) in [6, 6.07) is 14.4. The van der Waals surface area contributed by atoms with Crippen LogP contribution >= 0.6 is 45.2 Å². The maximum atomic E-state index is 12.6. The smallest absolute Gasteiger partial charge is 0.338 e. The number of hydrogen-bond donors (Lipinski definition) is 3. The molecule has 0 aliphatic carbocycles. The number of carbonyl (C=O) groups is 4. The van der Waals surface area contributed by atoms with Crippen LogP contribution in [-0.2, 0) is 25.7 Å². The van der Waals surface area contributed by atoms with E-state index in [1.54, 1.807) is 51.1 Å². The SMILES string of the molecule is CCOC(=O)C1=C(C)NC(=O)N[C@H]1c1ccc(OCC(=O)N/N=C/c2cc(I)c(OCc3ccc(C(=O)OCC)cc3)c(I)c2)c(OC)c1. The zero-order valence-corrected chi connectivity index (χ0v) is 31.4. The molecule has 0 saturated heterocycles. The molecule has 13 nitrogen and oxygen atoms in total. The Hall–Kier alpha value is -4.39. The topological polar surface area (TPSA) is 163 Å². The number of methoxy groups -OCH3 is 1. The van der Waals surface area contributed by atoms with Crippen LogP contribution in [0.4, 0.5) is 4.79 Å². The molecule has 1 aliphatic heterocycles. The van der Waals surface area contributed by atoms with Crippen molar-refractivity contribution in [2.45, 2.75) is 33.4 Å². The van der Waals surface area contributed by atoms with Crippen LogP contribution in [0, 0.1) is 7.14 Å². The number of nitrogens with one attached hydrogen (secondary N) is 3. The second-order valence-corrected chi connectivity index (χ2v) is 12.6. The molecule has 1 atom stereocenters. The van der Waals surface area contributed by atoms with E-state index in [0.29, 0.717) is 41.5 Å². The van der Waals surface area contributed by atoms with Crippen LogP contribution in [0.5, 0.6) is 17.2 Å². The summed E-state index contributed by atoms with van der Waals surface area (Å²) in [7, 11) is 1.44. The zero-order chi connectivity index (χ0) is 35.5. The van der Waals surface area contributed by atoms with Crippen molar-refractivity contribution in [3.63, 3.8) is 0 Å². The van der Waals surface area contributed by atoms with Gasteiger partial charge in [-0.1, -0.05) is 18.2 Å². The highest BCUT2D eigenvalue weighted by molar-refractivity contribution is 14.1. The van der Waals surface area contributed by atoms with Crippen molar-refractivity contribution in [2.24, 2.45) is 5.10 Å². The summed E-state index contributed by atoms with van der Waals surface area (Å²) < 4.78 is 29.1. The Kier molecular flexibility index (Phi) is 13.6. The normalized spacial score (nSPS) is 14.1. The number of hydrogen-bond acceptors (Lipinski definition) is 10. The molecule has 0 fully saturated rings. The molecule has 3 aromatic carbocycles. The quantitative estimate of drug-likeness (QED) is 0.0836. The lowest BCUT2D eigenvalue weighted by Gasteiger charge is -2.28. The summed E-state index contributed by atoms with van der Waals surface area (Å²) in [5.74, 6) is -0.150. The minimum atomic E-state index is -0.781. The van der Waals surface area contributed by atoms with Gasteiger partial charge >= 0.3 is 18.0 Å². The van der Waals surface area contributed by atoms with Gasteiger partial charge < -0.3 is 34.3 Å². The highest BCUT2D eigenvalue weighted by Gasteiger charge is 2.32. The molecule has 49 heavy (non-hydrogen) atoms. The van der Waals surface area contributed by atoms with Crippen molar-refractivity contribution >= 4 is 75.3 Å². The van der Waals surface area contributed by atoms with Gasteiger partial charge in [0.05, 0.1) is 50.9 Å². The Morgan fingerprint density at radius 2 is 1.59 bits per heavy atom. The van der Waals surface area contributed by atoms with Gasteiger partial charge in [0.15, 0.2) is 18.1 Å². The van der Waals surface area contributed by atoms with E-state index < -0.39 is 23.9 Å². The van der Waals surface area contributed by atoms with E-state index in [4.69, 9.17) is 23.7 Å². The number of amides is 3. The number of urea groups is 1. The van der Waals surface area contributed by atoms with E-state index in [2.05, 4.69) is 66.3 Å². The zero-order valence-electron chi connectivity index (χ0n) is 27.1. The molecule has 3 aromatic rings. The van der Waals surface area contributed by atoms with Gasteiger partial charge in [0.2, 0.25) is 0 Å². The van der Waals surface area contributed by atoms with E-state index in [9.17, 15) is 19.2 Å². The van der Waals surface area contributed by atoms with Crippen LogP contribution < -0.4 is 30.3 Å². The summed E-state index contributed by atoms with van der Waals surface area (Å²) in [6.07, 6.45) is 1.51. The molecule has 4 rings (SSSR count). The number of benzene rings is 3. The first-order valence-corrected chi connectivity index (χ1v) is 17.2. The molecule has 0 spiro atoms. The summed E-state index contributed by atoms with van der Waals surface area (Å²) in [5.41, 5.74) is 5.77. The lowest BCUT2D eigenvalue weighted by atomic mass is 9.95. The van der Waals surface area contributed by atoms with Gasteiger partial charge in [0.1, 0.15) is 12.4 Å². The van der Waals surface area contributed by atoms with Crippen LogP contribution in [0.2, 0.25) is 0 Å². The molecule has 0 unspecified atom stereocenters. The minimum absolute atomic E-state index is 0.177. The predicted molar refractivity (Wildman–Crippen MR) is 197 cm³/mol. The summed E-state index contributed by atoms with van der Waals surface area (Å²) in [6.45, 7) is 5.54. The van der Waals surface area contributed by atoms with Gasteiger partial charge in [-0.25, -0.2) is 19.8 Å². The van der Waals surface area contributed by atoms with Crippen molar-refractivity contribution in [1.29, 1.82) is 0 Å². The van der Waals surface area contributed by atoms with Gasteiger partial charge in [0, 0.05) is 5.70 Å². The van der Waals surface area contributed by atoms with E-state index in [0.717, 1.165) is 18.3 Å². The number of ether oxygens (including phenoxy) is 5. The van der Waals surface area contributed by atoms with Crippen LogP contribution in [0.1, 0.15) is 53.9 Å². The van der Waals surface area contributed by atoms with Crippen molar-refractivity contribution in [3.8, 4) is 17.2 Å². The van der Waals surface area contributed by atoms with E-state index >= 15 is 0 Å². The van der Waals surface area contributed by atoms with Crippen molar-refractivity contribution < 1.29 is 42.9 Å². The summed E-state index contributed by atoms with van der Waals surface area (Å²) >= 11 is 4.35. The van der Waals surface area contributed by atoms with Gasteiger partial charge in [-0.05, 0) is 119 Å². The number of rotatable bonds is 14. The maximum absolute atomic E-state index is 12.6. The molecule has 0 aromatic heterocycles. The molecule has 3 amide bonds. The van der Waals surface area contributed by atoms with Gasteiger partial charge in [-0.3, -0.25) is 4.79 Å². The molecule has 1 aliphatic rings. The van der Waals surface area contributed by atoms with Gasteiger partial charge in [-0.2, -0.15) is 5.10 Å². The first-order valence-electron chi connectivity index (χ1n) is 15.0. The largest absolute Gasteiger partial charge is 0.493 e. The Morgan fingerprint density at radius 3 is 2.24 bits per heavy atom. The highest BCUT2D eigenvalue weighted by Crippen LogP contribution is 2.35. The van der Waals surface area contributed by atoms with Crippen molar-refractivity contribution in [2.75, 3.05) is 26.9 Å². The molecule has 0 bridgehead atoms. The number of halogens is 2. The fourth-order valence-corrected chi connectivity index (χ4v) is 6.79. The van der Waals surface area contributed by atoms with Gasteiger partial charge in [-0.15, -0.1) is 0 Å². The molecular formula is C34H34I2N4O9. The maximum Gasteiger partial charge on any atom is 0.338 e. The Bertz CT molecular complexity index is 1750. The third-order valence-corrected chi connectivity index (χ3v) is 8.52. The highest BCUT2D eigenvalue weighted by atomic mass is 127. The van der Waals surface area contributed by atoms with Crippen molar-refractivity contribution in [3.05, 3.63) is 95.3 Å². The molecule has 258 valence electrons. The fraction of sp³-hybridized carbons (Fsp3) is 0.265. The van der Waals surface area contributed by atoms with Crippen LogP contribution in [0.15, 0.2) is 71.0 Å². The molecule has 0 saturated carbocycles. The third-order valence-electron chi connectivity index (χ3n) is 6.92. The Labute approximate surface area is 310 Å². The molecule has 15 heteroatoms. The lowest BCUT2D eigenvalue weighted by molar-refractivity contribution is -0.139. The average Bonchev–Trinajstić information content (AvgIpc) is 3.07. The van der Waals surface area contributed by atoms with Gasteiger partial charge in [0.25, 0.3) is 5.91 Å². The first-order chi connectivity index (χ1) is 23.5. The van der Waals surface area contributed by atoms with Crippen molar-refractivity contribution in [1.82, 2.24) is 16.1 Å². The van der Waals surface area contributed by atoms with E-state index in [1.165, 1.54) is 13.3 Å². The Balaban J connectivity index is 1.33. The van der Waals surface area contributed by atoms with Crippen LogP contribution in [-0.4, -0.2) is 57.0 Å². The minimum Gasteiger partial charge on any atom is -0.493 e. The number of esters is 2. The number of hydrazone groups is 1. The monoisotopic (exact) mass is 896 g/mol. The molecule has 0 radical (unpaired) electrons. The molecule has 3 N–H and O–H groups in total. The standard InChI is InChI=1S/C34H34I2N4O9/c1-5-46-32(42)22-9-7-20(8-10-22)17-49-31-24(35)13-21(14-25(31)36)16-37-40-28(41)18-48-26-12-11-23(15-27(26)45-4)30-29(33(43)47-6-2)19(3)38-34(44)39-30/h7-16,30H,5-6,17-18H2,1-4H3,(H,40,41)(H2,38,39,44)/b37-16+/t30-/m0/s1. The van der Waals surface area contributed by atoms with Crippen LogP contribution in [0.25, 0.3) is 0 Å². The second-order valence-electron chi connectivity index (χ2n) is 10.3. The predicted octanol–water partition coefficient (Wildman–Crippen LogP) is 5.38. The average molecular weight is 896 g/mol. The fourth-order valence-electron chi connectivity index (χ4n) is 4.66. The number of nitrogens with zero attached hydrogens (tertiary/aromatic N) is 1. The molecule has 1 heterocycles. The number of carbonyl (C=O) groups excluding carboxylic acids is 4. The number of allylic oxidation sites excluding steroid dienone is 1. The van der Waals surface area contributed by atoms with E-state index in [1.807, 2.05) is 24.3 Å². The third kappa shape index (κ3) is 10.1. The summed E-state index contributed by atoms with van der Waals surface area (Å²) in [5, 5.41) is 9.38.